The van der Waals surface area contributed by atoms with Crippen LogP contribution < -0.4 is 5.32 Å². The second-order valence-electron chi connectivity index (χ2n) is 6.97. The molecule has 0 aromatic carbocycles. The predicted molar refractivity (Wildman–Crippen MR) is 85.5 cm³/mol. The van der Waals surface area contributed by atoms with Crippen molar-refractivity contribution >= 4 is 0 Å². The zero-order valence-electron chi connectivity index (χ0n) is 13.9. The van der Waals surface area contributed by atoms with Gasteiger partial charge in [0.1, 0.15) is 0 Å². The monoisotopic (exact) mass is 268 g/mol. The highest BCUT2D eigenvalue weighted by Crippen LogP contribution is 2.29. The molecular weight excluding hydrogens is 232 g/mol. The van der Waals surface area contributed by atoms with Gasteiger partial charge in [0.05, 0.1) is 0 Å². The average Bonchev–Trinajstić information content (AvgIpc) is 2.37. The minimum absolute atomic E-state index is 0.760. The number of hydrogen-bond acceptors (Lipinski definition) is 2. The van der Waals surface area contributed by atoms with Crippen LogP contribution in [0.4, 0.5) is 0 Å². The van der Waals surface area contributed by atoms with Gasteiger partial charge in [0.25, 0.3) is 0 Å². The number of rotatable bonds is 8. The molecule has 0 amide bonds. The van der Waals surface area contributed by atoms with Crippen LogP contribution in [0.5, 0.6) is 0 Å². The standard InChI is InChI=1S/C17H36N2/c1-6-10-18-17-9-8-15(4)11-16(17)13-19(5)12-14(3)7-2/h14-18H,6-13H2,1-5H3. The Morgan fingerprint density at radius 1 is 1.26 bits per heavy atom. The lowest BCUT2D eigenvalue weighted by molar-refractivity contribution is 0.151. The Balaban J connectivity index is 2.44. The highest BCUT2D eigenvalue weighted by molar-refractivity contribution is 4.85. The van der Waals surface area contributed by atoms with E-state index < -0.39 is 0 Å². The van der Waals surface area contributed by atoms with Gasteiger partial charge in [-0.1, -0.05) is 34.1 Å². The lowest BCUT2D eigenvalue weighted by Gasteiger charge is -2.38. The highest BCUT2D eigenvalue weighted by Gasteiger charge is 2.28. The van der Waals surface area contributed by atoms with Crippen molar-refractivity contribution in [2.75, 3.05) is 26.7 Å². The van der Waals surface area contributed by atoms with Gasteiger partial charge >= 0.3 is 0 Å². The molecule has 4 unspecified atom stereocenters. The summed E-state index contributed by atoms with van der Waals surface area (Å²) in [6.07, 6.45) is 6.74. The molecule has 1 aliphatic carbocycles. The maximum absolute atomic E-state index is 3.79. The zero-order chi connectivity index (χ0) is 14.3. The molecule has 19 heavy (non-hydrogen) atoms. The van der Waals surface area contributed by atoms with Crippen molar-refractivity contribution in [3.05, 3.63) is 0 Å². The summed E-state index contributed by atoms with van der Waals surface area (Å²) < 4.78 is 0. The molecule has 0 aromatic rings. The maximum Gasteiger partial charge on any atom is 0.0108 e. The highest BCUT2D eigenvalue weighted by atomic mass is 15.1. The third kappa shape index (κ3) is 6.27. The van der Waals surface area contributed by atoms with Crippen LogP contribution in [0.3, 0.4) is 0 Å². The normalized spacial score (nSPS) is 29.7. The van der Waals surface area contributed by atoms with Gasteiger partial charge in [-0.25, -0.2) is 0 Å². The topological polar surface area (TPSA) is 15.3 Å². The lowest BCUT2D eigenvalue weighted by Crippen LogP contribution is -2.45. The molecule has 114 valence electrons. The molecule has 2 nitrogen and oxygen atoms in total. The van der Waals surface area contributed by atoms with Crippen LogP contribution >= 0.6 is 0 Å². The van der Waals surface area contributed by atoms with Crippen molar-refractivity contribution in [3.8, 4) is 0 Å². The first-order chi connectivity index (χ1) is 9.06. The van der Waals surface area contributed by atoms with Crippen LogP contribution in [0.25, 0.3) is 0 Å². The molecule has 0 heterocycles. The summed E-state index contributed by atoms with van der Waals surface area (Å²) >= 11 is 0. The van der Waals surface area contributed by atoms with Gasteiger partial charge in [-0.05, 0) is 57.0 Å². The Labute approximate surface area is 121 Å². The van der Waals surface area contributed by atoms with E-state index in [1.54, 1.807) is 0 Å². The fourth-order valence-electron chi connectivity index (χ4n) is 3.43. The first kappa shape index (κ1) is 17.0. The minimum Gasteiger partial charge on any atom is -0.314 e. The smallest absolute Gasteiger partial charge is 0.0108 e. The molecule has 1 fully saturated rings. The van der Waals surface area contributed by atoms with Gasteiger partial charge in [-0.15, -0.1) is 0 Å². The summed E-state index contributed by atoms with van der Waals surface area (Å²) in [7, 11) is 2.31. The molecule has 0 bridgehead atoms. The molecular formula is C17H36N2. The molecule has 0 aromatic heterocycles. The Kier molecular flexibility index (Phi) is 8.01. The quantitative estimate of drug-likeness (QED) is 0.721. The summed E-state index contributed by atoms with van der Waals surface area (Å²) in [6, 6.07) is 0.760. The minimum atomic E-state index is 0.760. The predicted octanol–water partition coefficient (Wildman–Crippen LogP) is 3.77. The summed E-state index contributed by atoms with van der Waals surface area (Å²) in [5.41, 5.74) is 0. The molecule has 1 rings (SSSR count). The van der Waals surface area contributed by atoms with E-state index in [1.165, 1.54) is 51.7 Å². The SMILES string of the molecule is CCCNC1CCC(C)CC1CN(C)CC(C)CC. The van der Waals surface area contributed by atoms with Gasteiger partial charge in [0.2, 0.25) is 0 Å². The van der Waals surface area contributed by atoms with Crippen molar-refractivity contribution in [1.29, 1.82) is 0 Å². The van der Waals surface area contributed by atoms with Crippen LogP contribution in [0.1, 0.15) is 59.8 Å². The molecule has 1 N–H and O–H groups in total. The van der Waals surface area contributed by atoms with Crippen molar-refractivity contribution < 1.29 is 0 Å². The fourth-order valence-corrected chi connectivity index (χ4v) is 3.43. The van der Waals surface area contributed by atoms with Crippen molar-refractivity contribution in [1.82, 2.24) is 10.2 Å². The van der Waals surface area contributed by atoms with Crippen LogP contribution in [-0.2, 0) is 0 Å². The molecule has 1 saturated carbocycles. The molecule has 1 aliphatic rings. The average molecular weight is 268 g/mol. The number of hydrogen-bond donors (Lipinski definition) is 1. The maximum atomic E-state index is 3.79. The van der Waals surface area contributed by atoms with E-state index in [0.29, 0.717) is 0 Å². The third-order valence-electron chi connectivity index (χ3n) is 4.77. The van der Waals surface area contributed by atoms with Crippen LogP contribution in [0.2, 0.25) is 0 Å². The van der Waals surface area contributed by atoms with Crippen LogP contribution in [-0.4, -0.2) is 37.6 Å². The largest absolute Gasteiger partial charge is 0.314 e. The number of nitrogens with zero attached hydrogens (tertiary/aromatic N) is 1. The van der Waals surface area contributed by atoms with Crippen molar-refractivity contribution in [2.45, 2.75) is 65.8 Å². The van der Waals surface area contributed by atoms with Crippen molar-refractivity contribution in [3.63, 3.8) is 0 Å². The molecule has 2 heteroatoms. The zero-order valence-corrected chi connectivity index (χ0v) is 13.9. The van der Waals surface area contributed by atoms with Crippen LogP contribution in [0.15, 0.2) is 0 Å². The Morgan fingerprint density at radius 2 is 2.00 bits per heavy atom. The van der Waals surface area contributed by atoms with E-state index in [-0.39, 0.29) is 0 Å². The van der Waals surface area contributed by atoms with Crippen LogP contribution in [0, 0.1) is 17.8 Å². The second kappa shape index (κ2) is 8.97. The Hall–Kier alpha value is -0.0800. The fraction of sp³-hybridized carbons (Fsp3) is 1.00. The number of nitrogens with one attached hydrogen (secondary N) is 1. The summed E-state index contributed by atoms with van der Waals surface area (Å²) in [4.78, 5) is 2.57. The van der Waals surface area contributed by atoms with E-state index in [2.05, 4.69) is 45.0 Å². The first-order valence-electron chi connectivity index (χ1n) is 8.48. The van der Waals surface area contributed by atoms with Gasteiger partial charge in [0.15, 0.2) is 0 Å². The van der Waals surface area contributed by atoms with E-state index in [0.717, 1.165) is 23.8 Å². The van der Waals surface area contributed by atoms with E-state index in [4.69, 9.17) is 0 Å². The second-order valence-corrected chi connectivity index (χ2v) is 6.97. The van der Waals surface area contributed by atoms with Gasteiger partial charge < -0.3 is 10.2 Å². The first-order valence-corrected chi connectivity index (χ1v) is 8.48. The molecule has 4 atom stereocenters. The Bertz CT molecular complexity index is 227. The lowest BCUT2D eigenvalue weighted by atomic mass is 9.78. The van der Waals surface area contributed by atoms with Gasteiger partial charge in [-0.2, -0.15) is 0 Å². The van der Waals surface area contributed by atoms with Gasteiger partial charge in [0, 0.05) is 19.1 Å². The molecule has 0 radical (unpaired) electrons. The summed E-state index contributed by atoms with van der Waals surface area (Å²) in [6.45, 7) is 13.1. The molecule has 0 spiro atoms. The van der Waals surface area contributed by atoms with E-state index >= 15 is 0 Å². The van der Waals surface area contributed by atoms with E-state index in [9.17, 15) is 0 Å². The van der Waals surface area contributed by atoms with Crippen molar-refractivity contribution in [2.24, 2.45) is 17.8 Å². The third-order valence-corrected chi connectivity index (χ3v) is 4.77. The molecule has 0 saturated heterocycles. The van der Waals surface area contributed by atoms with Gasteiger partial charge in [-0.3, -0.25) is 0 Å². The molecule has 0 aliphatic heterocycles. The summed E-state index contributed by atoms with van der Waals surface area (Å²) in [5, 5.41) is 3.79. The summed E-state index contributed by atoms with van der Waals surface area (Å²) in [5.74, 6) is 2.60. The Morgan fingerprint density at radius 3 is 2.63 bits per heavy atom. The van der Waals surface area contributed by atoms with E-state index in [1.807, 2.05) is 0 Å².